The highest BCUT2D eigenvalue weighted by Gasteiger charge is 2.10. The van der Waals surface area contributed by atoms with Crippen LogP contribution in [0.25, 0.3) is 0 Å². The first-order valence-electron chi connectivity index (χ1n) is 7.33. The molecule has 0 radical (unpaired) electrons. The van der Waals surface area contributed by atoms with E-state index in [9.17, 15) is 9.59 Å². The second-order valence-corrected chi connectivity index (χ2v) is 5.01. The molecule has 3 heteroatoms. The molecule has 0 amide bonds. The van der Waals surface area contributed by atoms with Gasteiger partial charge in [0.05, 0.1) is 12.4 Å². The normalized spacial score (nSPS) is 21.6. The Balaban J connectivity index is 0.000000200. The monoisotopic (exact) mass is 276 g/mol. The first kappa shape index (κ1) is 16.4. The smallest absolute Gasteiger partial charge is 0.159 e. The van der Waals surface area contributed by atoms with Crippen LogP contribution in [0.4, 0.5) is 0 Å². The van der Waals surface area contributed by atoms with E-state index in [-0.39, 0.29) is 11.6 Å². The van der Waals surface area contributed by atoms with Gasteiger partial charge in [0.2, 0.25) is 0 Å². The molecule has 1 atom stereocenters. The molecule has 0 N–H and O–H groups in total. The molecule has 1 unspecified atom stereocenters. The van der Waals surface area contributed by atoms with Crippen LogP contribution in [0.2, 0.25) is 0 Å². The average molecular weight is 276 g/mol. The molecule has 0 aliphatic heterocycles. The summed E-state index contributed by atoms with van der Waals surface area (Å²) in [5.74, 6) is 1.89. The van der Waals surface area contributed by atoms with Gasteiger partial charge in [-0.25, -0.2) is 0 Å². The minimum Gasteiger partial charge on any atom is -0.498 e. The minimum absolute atomic E-state index is 0.203. The van der Waals surface area contributed by atoms with Crippen molar-refractivity contribution in [2.24, 2.45) is 5.92 Å². The lowest BCUT2D eigenvalue weighted by Gasteiger charge is -2.12. The Morgan fingerprint density at radius 3 is 2.65 bits per heavy atom. The molecule has 0 bridgehead atoms. The quantitative estimate of drug-likeness (QED) is 0.734. The van der Waals surface area contributed by atoms with Crippen LogP contribution in [0, 0.1) is 5.92 Å². The van der Waals surface area contributed by atoms with Crippen LogP contribution in [0.3, 0.4) is 0 Å². The molecular weight excluding hydrogens is 252 g/mol. The van der Waals surface area contributed by atoms with Crippen molar-refractivity contribution in [2.45, 2.75) is 45.4 Å². The molecule has 0 aromatic carbocycles. The Morgan fingerprint density at radius 1 is 1.30 bits per heavy atom. The number of hydrogen-bond donors (Lipinski definition) is 0. The third-order valence-corrected chi connectivity index (χ3v) is 3.28. The van der Waals surface area contributed by atoms with Gasteiger partial charge >= 0.3 is 0 Å². The molecule has 0 aromatic heterocycles. The van der Waals surface area contributed by atoms with Crippen LogP contribution < -0.4 is 0 Å². The fourth-order valence-corrected chi connectivity index (χ4v) is 2.22. The van der Waals surface area contributed by atoms with E-state index in [1.165, 1.54) is 0 Å². The summed E-state index contributed by atoms with van der Waals surface area (Å²) in [5.41, 5.74) is 0. The Morgan fingerprint density at radius 2 is 2.10 bits per heavy atom. The van der Waals surface area contributed by atoms with E-state index in [0.717, 1.165) is 37.9 Å². The van der Waals surface area contributed by atoms with Crippen LogP contribution in [0.1, 0.15) is 45.4 Å². The zero-order valence-corrected chi connectivity index (χ0v) is 12.3. The minimum atomic E-state index is 0.203. The highest BCUT2D eigenvalue weighted by atomic mass is 16.5. The van der Waals surface area contributed by atoms with E-state index >= 15 is 0 Å². The number of ether oxygens (including phenoxy) is 1. The Kier molecular flexibility index (Phi) is 7.63. The first-order valence-corrected chi connectivity index (χ1v) is 7.33. The van der Waals surface area contributed by atoms with Gasteiger partial charge in [-0.3, -0.25) is 9.59 Å². The molecule has 0 spiro atoms. The predicted molar refractivity (Wildman–Crippen MR) is 80.3 cm³/mol. The lowest BCUT2D eigenvalue weighted by molar-refractivity contribution is -0.116. The molecule has 20 heavy (non-hydrogen) atoms. The number of rotatable bonds is 4. The summed E-state index contributed by atoms with van der Waals surface area (Å²) in [6.45, 7) is 6.25. The van der Waals surface area contributed by atoms with Gasteiger partial charge in [-0.15, -0.1) is 6.58 Å². The van der Waals surface area contributed by atoms with E-state index in [4.69, 9.17) is 4.74 Å². The molecule has 0 saturated carbocycles. The van der Waals surface area contributed by atoms with Crippen LogP contribution in [0.15, 0.2) is 36.6 Å². The van der Waals surface area contributed by atoms with Crippen molar-refractivity contribution < 1.29 is 14.3 Å². The Hall–Kier alpha value is -1.64. The second kappa shape index (κ2) is 9.29. The maximum Gasteiger partial charge on any atom is 0.159 e. The molecule has 2 aliphatic rings. The van der Waals surface area contributed by atoms with Crippen LogP contribution >= 0.6 is 0 Å². The van der Waals surface area contributed by atoms with Gasteiger partial charge < -0.3 is 4.74 Å². The van der Waals surface area contributed by atoms with Gasteiger partial charge in [-0.1, -0.05) is 12.2 Å². The van der Waals surface area contributed by atoms with Gasteiger partial charge in [0.15, 0.2) is 11.6 Å². The van der Waals surface area contributed by atoms with E-state index < -0.39 is 0 Å². The summed E-state index contributed by atoms with van der Waals surface area (Å²) in [5, 5.41) is 0. The number of hydrogen-bond acceptors (Lipinski definition) is 3. The van der Waals surface area contributed by atoms with Gasteiger partial charge in [0.25, 0.3) is 0 Å². The molecule has 0 fully saturated rings. The third kappa shape index (κ3) is 6.50. The summed E-state index contributed by atoms with van der Waals surface area (Å²) < 4.78 is 5.19. The van der Waals surface area contributed by atoms with Crippen molar-refractivity contribution >= 4 is 11.6 Å². The van der Waals surface area contributed by atoms with Crippen molar-refractivity contribution in [3.05, 3.63) is 36.6 Å². The van der Waals surface area contributed by atoms with Crippen molar-refractivity contribution in [3.8, 4) is 0 Å². The van der Waals surface area contributed by atoms with E-state index in [1.54, 1.807) is 12.2 Å². The van der Waals surface area contributed by atoms with Gasteiger partial charge in [0, 0.05) is 25.3 Å². The van der Waals surface area contributed by atoms with Crippen molar-refractivity contribution in [1.29, 1.82) is 0 Å². The molecular formula is C17H24O3. The molecule has 3 nitrogen and oxygen atoms in total. The maximum atomic E-state index is 10.8. The molecule has 110 valence electrons. The largest absolute Gasteiger partial charge is 0.498 e. The Bertz CT molecular complexity index is 404. The first-order chi connectivity index (χ1) is 9.65. The summed E-state index contributed by atoms with van der Waals surface area (Å²) in [7, 11) is 0. The molecule has 0 heterocycles. The SMILES string of the molecule is C=CCC1C=CC(=O)CC1.CCOC1=CC(=O)CCC1. The lowest BCUT2D eigenvalue weighted by Crippen LogP contribution is -2.06. The molecule has 2 aliphatic carbocycles. The predicted octanol–water partition coefficient (Wildman–Crippen LogP) is 3.76. The number of carbonyl (C=O) groups excluding carboxylic acids is 2. The topological polar surface area (TPSA) is 43.4 Å². The van der Waals surface area contributed by atoms with Gasteiger partial charge in [-0.05, 0) is 38.2 Å². The van der Waals surface area contributed by atoms with E-state index in [1.807, 2.05) is 19.1 Å². The zero-order chi connectivity index (χ0) is 14.8. The average Bonchev–Trinajstić information content (AvgIpc) is 2.43. The fraction of sp³-hybridized carbons (Fsp3) is 0.529. The van der Waals surface area contributed by atoms with Crippen molar-refractivity contribution in [2.75, 3.05) is 6.61 Å². The summed E-state index contributed by atoms with van der Waals surface area (Å²) >= 11 is 0. The van der Waals surface area contributed by atoms with E-state index in [2.05, 4.69) is 6.58 Å². The molecule has 0 saturated heterocycles. The van der Waals surface area contributed by atoms with Crippen molar-refractivity contribution in [3.63, 3.8) is 0 Å². The fourth-order valence-electron chi connectivity index (χ4n) is 2.22. The van der Waals surface area contributed by atoms with Gasteiger partial charge in [0.1, 0.15) is 0 Å². The zero-order valence-electron chi connectivity index (χ0n) is 12.3. The number of carbonyl (C=O) groups is 2. The number of allylic oxidation sites excluding steroid dienone is 5. The Labute approximate surface area is 121 Å². The molecule has 2 rings (SSSR count). The highest BCUT2D eigenvalue weighted by Crippen LogP contribution is 2.18. The summed E-state index contributed by atoms with van der Waals surface area (Å²) in [6.07, 6.45) is 12.5. The van der Waals surface area contributed by atoms with E-state index in [0.29, 0.717) is 18.9 Å². The van der Waals surface area contributed by atoms with Gasteiger partial charge in [-0.2, -0.15) is 0 Å². The summed E-state index contributed by atoms with van der Waals surface area (Å²) in [4.78, 5) is 21.5. The lowest BCUT2D eigenvalue weighted by atomic mass is 9.93. The number of ketones is 2. The van der Waals surface area contributed by atoms with Crippen LogP contribution in [-0.2, 0) is 14.3 Å². The van der Waals surface area contributed by atoms with Crippen molar-refractivity contribution in [1.82, 2.24) is 0 Å². The highest BCUT2D eigenvalue weighted by molar-refractivity contribution is 5.91. The van der Waals surface area contributed by atoms with Crippen LogP contribution in [0.5, 0.6) is 0 Å². The molecule has 0 aromatic rings. The summed E-state index contributed by atoms with van der Waals surface area (Å²) in [6, 6.07) is 0. The third-order valence-electron chi connectivity index (χ3n) is 3.28. The maximum absolute atomic E-state index is 10.8. The second-order valence-electron chi connectivity index (χ2n) is 5.01. The standard InChI is InChI=1S/C9H12O.C8H12O2/c1-2-3-8-4-6-9(10)7-5-8;1-2-10-8-5-3-4-7(9)6-8/h2,4,6,8H,1,3,5,7H2;6H,2-5H2,1H3. The van der Waals surface area contributed by atoms with Crippen LogP contribution in [-0.4, -0.2) is 18.2 Å².